The Morgan fingerprint density at radius 1 is 1.00 bits per heavy atom. The molecular formula is C28H35N3O5S. The zero-order valence-corrected chi connectivity index (χ0v) is 21.7. The van der Waals surface area contributed by atoms with Crippen LogP contribution in [-0.2, 0) is 17.9 Å². The van der Waals surface area contributed by atoms with Crippen LogP contribution in [0.4, 0.5) is 0 Å². The van der Waals surface area contributed by atoms with E-state index in [0.29, 0.717) is 43.5 Å². The summed E-state index contributed by atoms with van der Waals surface area (Å²) < 4.78 is 6.84. The Morgan fingerprint density at radius 3 is 2.46 bits per heavy atom. The van der Waals surface area contributed by atoms with E-state index in [9.17, 15) is 14.7 Å². The summed E-state index contributed by atoms with van der Waals surface area (Å²) >= 11 is 1.35. The van der Waals surface area contributed by atoms with Crippen molar-refractivity contribution in [2.75, 3.05) is 6.61 Å². The van der Waals surface area contributed by atoms with Crippen molar-refractivity contribution >= 4 is 33.3 Å². The van der Waals surface area contributed by atoms with Crippen LogP contribution in [-0.4, -0.2) is 40.9 Å². The number of carboxylic acids is 1. The van der Waals surface area contributed by atoms with E-state index in [1.807, 2.05) is 36.4 Å². The molecule has 198 valence electrons. The summed E-state index contributed by atoms with van der Waals surface area (Å²) in [7, 11) is 0. The molecule has 8 nitrogen and oxygen atoms in total. The average molecular weight is 526 g/mol. The zero-order chi connectivity index (χ0) is 26.0. The van der Waals surface area contributed by atoms with Crippen LogP contribution in [0.25, 0.3) is 10.1 Å². The Labute approximate surface area is 221 Å². The quantitative estimate of drug-likeness (QED) is 0.123. The van der Waals surface area contributed by atoms with E-state index >= 15 is 0 Å². The highest BCUT2D eigenvalue weighted by molar-refractivity contribution is 7.20. The number of nitrogens with one attached hydrogen (secondary N) is 3. The molecule has 0 spiro atoms. The highest BCUT2D eigenvalue weighted by atomic mass is 32.1. The molecule has 0 saturated heterocycles. The van der Waals surface area contributed by atoms with Crippen molar-refractivity contribution < 1.29 is 24.6 Å². The van der Waals surface area contributed by atoms with Crippen molar-refractivity contribution in [1.82, 2.24) is 16.1 Å². The summed E-state index contributed by atoms with van der Waals surface area (Å²) in [5.74, 6) is -0.497. The van der Waals surface area contributed by atoms with Crippen LogP contribution in [0.1, 0.15) is 65.7 Å². The Bertz CT molecular complexity index is 1170. The third-order valence-electron chi connectivity index (χ3n) is 6.74. The number of carbonyl (C=O) groups is 2. The summed E-state index contributed by atoms with van der Waals surface area (Å²) in [5.41, 5.74) is 3.92. The van der Waals surface area contributed by atoms with Crippen molar-refractivity contribution in [3.8, 4) is 5.75 Å². The van der Waals surface area contributed by atoms with Crippen LogP contribution in [0, 0.1) is 0 Å². The van der Waals surface area contributed by atoms with Gasteiger partial charge < -0.3 is 20.5 Å². The number of hydrogen-bond donors (Lipinski definition) is 5. The van der Waals surface area contributed by atoms with E-state index in [1.165, 1.54) is 30.6 Å². The number of hydrogen-bond acceptors (Lipinski definition) is 7. The molecule has 0 radical (unpaired) electrons. The van der Waals surface area contributed by atoms with Gasteiger partial charge in [-0.1, -0.05) is 43.5 Å². The molecule has 0 aliphatic heterocycles. The maximum absolute atomic E-state index is 11.6. The van der Waals surface area contributed by atoms with E-state index in [2.05, 4.69) is 16.7 Å². The first-order valence-electron chi connectivity index (χ1n) is 12.9. The van der Waals surface area contributed by atoms with Crippen LogP contribution in [0.2, 0.25) is 0 Å². The number of amides is 1. The SMILES string of the molecule is O=C(NO)c1cc2ccc(CNCc3ccc(OCCCC(NC4CCCCC4)C(=O)O)cc3)cc2s1. The fraction of sp³-hybridized carbons (Fsp3) is 0.429. The lowest BCUT2D eigenvalue weighted by Crippen LogP contribution is -2.44. The number of carbonyl (C=O) groups excluding carboxylic acids is 1. The standard InChI is InChI=1S/C28H35N3O5S/c32-27(31-35)26-16-21-11-8-20(15-25(21)37-26)18-29-17-19-9-12-23(13-10-19)36-14-4-7-24(28(33)34)30-22-5-2-1-3-6-22/h8-13,15-16,22,24,29-30,35H,1-7,14,17-18H2,(H,31,32)(H,33,34). The van der Waals surface area contributed by atoms with Gasteiger partial charge in [0.05, 0.1) is 11.5 Å². The minimum atomic E-state index is -0.781. The normalized spacial score (nSPS) is 14.9. The second-order valence-electron chi connectivity index (χ2n) is 9.55. The van der Waals surface area contributed by atoms with Crippen LogP contribution >= 0.6 is 11.3 Å². The van der Waals surface area contributed by atoms with E-state index in [4.69, 9.17) is 9.94 Å². The number of fused-ring (bicyclic) bond motifs is 1. The molecule has 1 aromatic heterocycles. The molecule has 4 rings (SSSR count). The van der Waals surface area contributed by atoms with Crippen LogP contribution < -0.4 is 20.9 Å². The van der Waals surface area contributed by atoms with E-state index in [0.717, 1.165) is 39.8 Å². The van der Waals surface area contributed by atoms with Gasteiger partial charge in [-0.3, -0.25) is 14.8 Å². The minimum absolute atomic E-state index is 0.323. The highest BCUT2D eigenvalue weighted by Gasteiger charge is 2.22. The Morgan fingerprint density at radius 2 is 1.73 bits per heavy atom. The molecule has 1 aliphatic carbocycles. The second kappa shape index (κ2) is 13.5. The molecule has 1 atom stereocenters. The summed E-state index contributed by atoms with van der Waals surface area (Å²) in [6.07, 6.45) is 6.98. The van der Waals surface area contributed by atoms with Crippen molar-refractivity contribution in [3.63, 3.8) is 0 Å². The van der Waals surface area contributed by atoms with Gasteiger partial charge in [0.2, 0.25) is 0 Å². The van der Waals surface area contributed by atoms with Gasteiger partial charge in [0.15, 0.2) is 0 Å². The van der Waals surface area contributed by atoms with Gasteiger partial charge in [0.25, 0.3) is 5.91 Å². The lowest BCUT2D eigenvalue weighted by atomic mass is 9.94. The minimum Gasteiger partial charge on any atom is -0.494 e. The fourth-order valence-corrected chi connectivity index (χ4v) is 5.73. The molecule has 1 saturated carbocycles. The summed E-state index contributed by atoms with van der Waals surface area (Å²) in [6, 6.07) is 15.6. The molecule has 37 heavy (non-hydrogen) atoms. The Kier molecular flexibility index (Phi) is 9.90. The topological polar surface area (TPSA) is 120 Å². The van der Waals surface area contributed by atoms with Gasteiger partial charge in [-0.15, -0.1) is 11.3 Å². The van der Waals surface area contributed by atoms with Crippen LogP contribution in [0.5, 0.6) is 5.75 Å². The lowest BCUT2D eigenvalue weighted by molar-refractivity contribution is -0.140. The van der Waals surface area contributed by atoms with Crippen molar-refractivity contribution in [2.45, 2.75) is 70.1 Å². The first kappa shape index (κ1) is 27.1. The van der Waals surface area contributed by atoms with Crippen molar-refractivity contribution in [2.24, 2.45) is 0 Å². The molecule has 3 aromatic rings. The van der Waals surface area contributed by atoms with Gasteiger partial charge in [0.1, 0.15) is 11.8 Å². The first-order valence-corrected chi connectivity index (χ1v) is 13.7. The number of aliphatic carboxylic acids is 1. The van der Waals surface area contributed by atoms with E-state index in [-0.39, 0.29) is 0 Å². The lowest BCUT2D eigenvalue weighted by Gasteiger charge is -2.26. The summed E-state index contributed by atoms with van der Waals surface area (Å²) in [6.45, 7) is 1.88. The molecule has 1 amide bonds. The van der Waals surface area contributed by atoms with E-state index < -0.39 is 17.9 Å². The fourth-order valence-electron chi connectivity index (χ4n) is 4.72. The third kappa shape index (κ3) is 8.00. The van der Waals surface area contributed by atoms with Crippen LogP contribution in [0.3, 0.4) is 0 Å². The monoisotopic (exact) mass is 525 g/mol. The molecule has 0 bridgehead atoms. The molecule has 1 heterocycles. The third-order valence-corrected chi connectivity index (χ3v) is 7.83. The van der Waals surface area contributed by atoms with Crippen molar-refractivity contribution in [3.05, 3.63) is 64.5 Å². The second-order valence-corrected chi connectivity index (χ2v) is 10.6. The predicted molar refractivity (Wildman–Crippen MR) is 144 cm³/mol. The van der Waals surface area contributed by atoms with Gasteiger partial charge in [-0.05, 0) is 66.5 Å². The maximum atomic E-state index is 11.6. The Balaban J connectivity index is 1.17. The molecule has 1 aliphatic rings. The first-order chi connectivity index (χ1) is 18.0. The van der Waals surface area contributed by atoms with Gasteiger partial charge >= 0.3 is 5.97 Å². The van der Waals surface area contributed by atoms with E-state index in [1.54, 1.807) is 11.5 Å². The van der Waals surface area contributed by atoms with Gasteiger partial charge in [-0.2, -0.15) is 0 Å². The Hall–Kier alpha value is -2.98. The molecule has 1 unspecified atom stereocenters. The maximum Gasteiger partial charge on any atom is 0.320 e. The van der Waals surface area contributed by atoms with Gasteiger partial charge in [-0.25, -0.2) is 5.48 Å². The molecule has 5 N–H and O–H groups in total. The number of carboxylic acid groups (broad SMARTS) is 1. The highest BCUT2D eigenvalue weighted by Crippen LogP contribution is 2.26. The number of ether oxygens (including phenoxy) is 1. The van der Waals surface area contributed by atoms with Crippen LogP contribution in [0.15, 0.2) is 48.5 Å². The number of hydroxylamine groups is 1. The number of thiophene rings is 1. The molecule has 1 fully saturated rings. The van der Waals surface area contributed by atoms with Gasteiger partial charge in [0, 0.05) is 23.8 Å². The summed E-state index contributed by atoms with van der Waals surface area (Å²) in [4.78, 5) is 23.7. The number of rotatable bonds is 13. The zero-order valence-electron chi connectivity index (χ0n) is 20.9. The predicted octanol–water partition coefficient (Wildman–Crippen LogP) is 4.84. The summed E-state index contributed by atoms with van der Waals surface area (Å²) in [5, 5.41) is 26.1. The largest absolute Gasteiger partial charge is 0.494 e. The average Bonchev–Trinajstić information content (AvgIpc) is 3.35. The molecule has 9 heteroatoms. The molecule has 2 aromatic carbocycles. The smallest absolute Gasteiger partial charge is 0.320 e. The number of benzene rings is 2. The molecular weight excluding hydrogens is 490 g/mol. The van der Waals surface area contributed by atoms with Crippen molar-refractivity contribution in [1.29, 1.82) is 0 Å².